The van der Waals surface area contributed by atoms with Crippen molar-refractivity contribution < 1.29 is 10.2 Å². The van der Waals surface area contributed by atoms with Crippen molar-refractivity contribution in [1.29, 1.82) is 0 Å². The molecule has 2 rings (SSSR count). The molecular formula is C15H28O2. The SMILES string of the molecule is CC(C)(O)[C@H]1CC[C@]2(C)CCC[C@](C)(O)[C@H]2C1. The Morgan fingerprint density at radius 3 is 2.35 bits per heavy atom. The van der Waals surface area contributed by atoms with Crippen molar-refractivity contribution in [3.05, 3.63) is 0 Å². The highest BCUT2D eigenvalue weighted by Crippen LogP contribution is 2.56. The standard InChI is InChI=1S/C15H28O2/c1-13(2,16)11-6-9-14(3)7-5-8-15(4,17)12(14)10-11/h11-12,16-17H,5-10H2,1-4H3/t11-,12-,14-,15-/m0/s1. The fraction of sp³-hybridized carbons (Fsp3) is 1.00. The van der Waals surface area contributed by atoms with Gasteiger partial charge in [0, 0.05) is 0 Å². The first-order valence-corrected chi connectivity index (χ1v) is 7.10. The summed E-state index contributed by atoms with van der Waals surface area (Å²) >= 11 is 0. The zero-order valence-corrected chi connectivity index (χ0v) is 11.8. The maximum Gasteiger partial charge on any atom is 0.0653 e. The molecule has 0 saturated heterocycles. The third kappa shape index (κ3) is 2.39. The van der Waals surface area contributed by atoms with Gasteiger partial charge in [-0.1, -0.05) is 13.3 Å². The minimum Gasteiger partial charge on any atom is -0.390 e. The lowest BCUT2D eigenvalue weighted by Gasteiger charge is -2.55. The first-order valence-electron chi connectivity index (χ1n) is 7.10. The van der Waals surface area contributed by atoms with Gasteiger partial charge in [-0.2, -0.15) is 0 Å². The average Bonchev–Trinajstić information content (AvgIpc) is 2.14. The molecule has 2 fully saturated rings. The Labute approximate surface area is 105 Å². The molecule has 0 bridgehead atoms. The highest BCUT2D eigenvalue weighted by molar-refractivity contribution is 5.03. The first-order chi connectivity index (χ1) is 7.65. The van der Waals surface area contributed by atoms with Crippen LogP contribution in [0.1, 0.15) is 66.2 Å². The average molecular weight is 240 g/mol. The molecule has 17 heavy (non-hydrogen) atoms. The second-order valence-electron chi connectivity index (χ2n) is 7.54. The summed E-state index contributed by atoms with van der Waals surface area (Å²) in [4.78, 5) is 0. The van der Waals surface area contributed by atoms with Crippen LogP contribution >= 0.6 is 0 Å². The number of fused-ring (bicyclic) bond motifs is 1. The number of aliphatic hydroxyl groups is 2. The molecule has 2 aliphatic carbocycles. The van der Waals surface area contributed by atoms with Crippen molar-refractivity contribution in [3.8, 4) is 0 Å². The summed E-state index contributed by atoms with van der Waals surface area (Å²) in [6.45, 7) is 8.17. The summed E-state index contributed by atoms with van der Waals surface area (Å²) in [5.74, 6) is 0.694. The molecule has 2 nitrogen and oxygen atoms in total. The minimum atomic E-state index is -0.602. The maximum atomic E-state index is 10.6. The van der Waals surface area contributed by atoms with Crippen LogP contribution in [0, 0.1) is 17.3 Å². The van der Waals surface area contributed by atoms with E-state index >= 15 is 0 Å². The highest BCUT2D eigenvalue weighted by atomic mass is 16.3. The predicted octanol–water partition coefficient (Wildman–Crippen LogP) is 3.11. The van der Waals surface area contributed by atoms with Crippen molar-refractivity contribution in [1.82, 2.24) is 0 Å². The summed E-state index contributed by atoms with van der Waals surface area (Å²) in [6, 6.07) is 0. The van der Waals surface area contributed by atoms with E-state index in [-0.39, 0.29) is 0 Å². The number of hydrogen-bond donors (Lipinski definition) is 2. The first kappa shape index (κ1) is 13.4. The Hall–Kier alpha value is -0.0800. The third-order valence-corrected chi connectivity index (χ3v) is 5.61. The third-order valence-electron chi connectivity index (χ3n) is 5.61. The quantitative estimate of drug-likeness (QED) is 0.739. The van der Waals surface area contributed by atoms with Crippen LogP contribution in [0.5, 0.6) is 0 Å². The van der Waals surface area contributed by atoms with Crippen LogP contribution in [0.4, 0.5) is 0 Å². The lowest BCUT2D eigenvalue weighted by atomic mass is 9.52. The van der Waals surface area contributed by atoms with Crippen molar-refractivity contribution >= 4 is 0 Å². The van der Waals surface area contributed by atoms with Crippen molar-refractivity contribution in [2.45, 2.75) is 77.4 Å². The van der Waals surface area contributed by atoms with Gasteiger partial charge in [0.15, 0.2) is 0 Å². The van der Waals surface area contributed by atoms with Gasteiger partial charge in [-0.3, -0.25) is 0 Å². The topological polar surface area (TPSA) is 40.5 Å². The second kappa shape index (κ2) is 3.96. The number of hydrogen-bond acceptors (Lipinski definition) is 2. The second-order valence-corrected chi connectivity index (χ2v) is 7.54. The van der Waals surface area contributed by atoms with E-state index in [1.165, 1.54) is 6.42 Å². The molecule has 0 aliphatic heterocycles. The van der Waals surface area contributed by atoms with Crippen LogP contribution in [0.25, 0.3) is 0 Å². The van der Waals surface area contributed by atoms with Crippen molar-refractivity contribution in [2.24, 2.45) is 17.3 Å². The van der Waals surface area contributed by atoms with Gasteiger partial charge in [0.1, 0.15) is 0 Å². The molecule has 0 aromatic rings. The lowest BCUT2D eigenvalue weighted by Crippen LogP contribution is -2.53. The van der Waals surface area contributed by atoms with Gasteiger partial charge in [-0.15, -0.1) is 0 Å². The van der Waals surface area contributed by atoms with Gasteiger partial charge in [-0.25, -0.2) is 0 Å². The Balaban J connectivity index is 2.20. The van der Waals surface area contributed by atoms with E-state index in [1.807, 2.05) is 20.8 Å². The Kier molecular flexibility index (Phi) is 3.11. The van der Waals surface area contributed by atoms with Crippen LogP contribution in [0.3, 0.4) is 0 Å². The Bertz CT molecular complexity index is 290. The molecule has 2 heteroatoms. The van der Waals surface area contributed by atoms with Gasteiger partial charge in [0.25, 0.3) is 0 Å². The van der Waals surface area contributed by atoms with Gasteiger partial charge in [0.05, 0.1) is 11.2 Å². The summed E-state index contributed by atoms with van der Waals surface area (Å²) in [6.07, 6.45) is 6.55. The van der Waals surface area contributed by atoms with Crippen LogP contribution in [0.15, 0.2) is 0 Å². The fourth-order valence-electron chi connectivity index (χ4n) is 4.33. The maximum absolute atomic E-state index is 10.6. The van der Waals surface area contributed by atoms with E-state index in [2.05, 4.69) is 6.92 Å². The van der Waals surface area contributed by atoms with Gasteiger partial charge in [0.2, 0.25) is 0 Å². The molecule has 0 amide bonds. The Morgan fingerprint density at radius 2 is 1.76 bits per heavy atom. The van der Waals surface area contributed by atoms with E-state index in [1.54, 1.807) is 0 Å². The molecule has 100 valence electrons. The van der Waals surface area contributed by atoms with Crippen LogP contribution in [-0.2, 0) is 0 Å². The lowest BCUT2D eigenvalue weighted by molar-refractivity contribution is -0.143. The Morgan fingerprint density at radius 1 is 1.12 bits per heavy atom. The predicted molar refractivity (Wildman–Crippen MR) is 69.7 cm³/mol. The van der Waals surface area contributed by atoms with Gasteiger partial charge >= 0.3 is 0 Å². The van der Waals surface area contributed by atoms with Crippen LogP contribution in [0.2, 0.25) is 0 Å². The molecular weight excluding hydrogens is 212 g/mol. The molecule has 4 atom stereocenters. The largest absolute Gasteiger partial charge is 0.390 e. The van der Waals surface area contributed by atoms with Gasteiger partial charge < -0.3 is 10.2 Å². The van der Waals surface area contributed by atoms with Crippen molar-refractivity contribution in [2.75, 3.05) is 0 Å². The van der Waals surface area contributed by atoms with Gasteiger partial charge in [-0.05, 0) is 70.1 Å². The summed E-state index contributed by atoms with van der Waals surface area (Å²) in [5.41, 5.74) is -0.838. The van der Waals surface area contributed by atoms with Crippen LogP contribution in [-0.4, -0.2) is 21.4 Å². The zero-order chi connectivity index (χ0) is 12.9. The zero-order valence-electron chi connectivity index (χ0n) is 11.8. The van der Waals surface area contributed by atoms with Crippen molar-refractivity contribution in [3.63, 3.8) is 0 Å². The molecule has 2 aliphatic rings. The van der Waals surface area contributed by atoms with Crippen LogP contribution < -0.4 is 0 Å². The van der Waals surface area contributed by atoms with E-state index in [4.69, 9.17) is 0 Å². The fourth-order valence-corrected chi connectivity index (χ4v) is 4.33. The van der Waals surface area contributed by atoms with E-state index in [0.717, 1.165) is 32.1 Å². The molecule has 2 saturated carbocycles. The molecule has 2 N–H and O–H groups in total. The smallest absolute Gasteiger partial charge is 0.0653 e. The minimum absolute atomic E-state index is 0.295. The molecule has 0 spiro atoms. The molecule has 0 radical (unpaired) electrons. The summed E-state index contributed by atoms with van der Waals surface area (Å²) in [5, 5.41) is 20.8. The molecule has 0 aromatic heterocycles. The highest BCUT2D eigenvalue weighted by Gasteiger charge is 2.52. The summed E-state index contributed by atoms with van der Waals surface area (Å²) in [7, 11) is 0. The normalized spacial score (nSPS) is 47.6. The molecule has 0 aromatic carbocycles. The molecule has 0 unspecified atom stereocenters. The van der Waals surface area contributed by atoms with E-state index < -0.39 is 11.2 Å². The number of rotatable bonds is 1. The van der Waals surface area contributed by atoms with E-state index in [0.29, 0.717) is 17.3 Å². The van der Waals surface area contributed by atoms with E-state index in [9.17, 15) is 10.2 Å². The monoisotopic (exact) mass is 240 g/mol. The molecule has 0 heterocycles. The summed E-state index contributed by atoms with van der Waals surface area (Å²) < 4.78 is 0.